The molecule has 0 saturated heterocycles. The summed E-state index contributed by atoms with van der Waals surface area (Å²) in [5.41, 5.74) is -0.0342. The highest BCUT2D eigenvalue weighted by Crippen LogP contribution is 2.22. The van der Waals surface area contributed by atoms with Crippen molar-refractivity contribution in [2.75, 3.05) is 27.2 Å². The van der Waals surface area contributed by atoms with Gasteiger partial charge in [-0.3, -0.25) is 0 Å². The number of rotatable bonds is 8. The molecule has 0 saturated carbocycles. The van der Waals surface area contributed by atoms with Gasteiger partial charge in [0.2, 0.25) is 5.89 Å². The molecule has 6 nitrogen and oxygen atoms in total. The van der Waals surface area contributed by atoms with Crippen LogP contribution < -0.4 is 10.6 Å². The van der Waals surface area contributed by atoms with E-state index >= 15 is 0 Å². The number of oxazole rings is 1. The molecule has 0 aliphatic rings. The number of nitrogens with zero attached hydrogens (tertiary/aromatic N) is 3. The molecular formula is C19H37N5O. The zero-order valence-electron chi connectivity index (χ0n) is 17.3. The Hall–Kier alpha value is -1.56. The molecular weight excluding hydrogens is 314 g/mol. The summed E-state index contributed by atoms with van der Waals surface area (Å²) < 4.78 is 5.81. The molecule has 0 amide bonds. The molecule has 25 heavy (non-hydrogen) atoms. The van der Waals surface area contributed by atoms with Gasteiger partial charge < -0.3 is 20.0 Å². The fourth-order valence-electron chi connectivity index (χ4n) is 2.45. The van der Waals surface area contributed by atoms with Crippen LogP contribution >= 0.6 is 0 Å². The van der Waals surface area contributed by atoms with E-state index in [1.807, 2.05) is 0 Å². The molecule has 1 atom stereocenters. The fraction of sp³-hybridized carbons (Fsp3) is 0.789. The zero-order chi connectivity index (χ0) is 19.0. The molecule has 0 aliphatic carbocycles. The average Bonchev–Trinajstić information content (AvgIpc) is 2.97. The smallest absolute Gasteiger partial charge is 0.216 e. The van der Waals surface area contributed by atoms with Crippen LogP contribution in [0.4, 0.5) is 0 Å². The van der Waals surface area contributed by atoms with Gasteiger partial charge >= 0.3 is 0 Å². The number of nitrogens with one attached hydrogen (secondary N) is 2. The number of guanidine groups is 1. The van der Waals surface area contributed by atoms with Gasteiger partial charge in [0, 0.05) is 24.5 Å². The summed E-state index contributed by atoms with van der Waals surface area (Å²) in [7, 11) is 4.25. The van der Waals surface area contributed by atoms with Gasteiger partial charge in [-0.05, 0) is 33.4 Å². The van der Waals surface area contributed by atoms with Crippen LogP contribution in [-0.2, 0) is 12.0 Å². The first-order chi connectivity index (χ1) is 11.6. The van der Waals surface area contributed by atoms with Gasteiger partial charge in [-0.2, -0.15) is 0 Å². The molecule has 0 fully saturated rings. The third-order valence-corrected chi connectivity index (χ3v) is 3.99. The van der Waals surface area contributed by atoms with Crippen LogP contribution in [0.15, 0.2) is 15.6 Å². The molecule has 1 aromatic rings. The Morgan fingerprint density at radius 2 is 1.96 bits per heavy atom. The number of hydrogen-bond acceptors (Lipinski definition) is 4. The highest BCUT2D eigenvalue weighted by atomic mass is 16.4. The lowest BCUT2D eigenvalue weighted by atomic mass is 9.94. The van der Waals surface area contributed by atoms with Crippen LogP contribution in [0.3, 0.4) is 0 Å². The van der Waals surface area contributed by atoms with Gasteiger partial charge in [-0.15, -0.1) is 0 Å². The van der Waals surface area contributed by atoms with Crippen molar-refractivity contribution in [2.24, 2.45) is 10.9 Å². The van der Waals surface area contributed by atoms with E-state index in [9.17, 15) is 0 Å². The predicted octanol–water partition coefficient (Wildman–Crippen LogP) is 3.00. The van der Waals surface area contributed by atoms with E-state index in [0.29, 0.717) is 24.4 Å². The first kappa shape index (κ1) is 21.5. The third kappa shape index (κ3) is 7.90. The second-order valence-corrected chi connectivity index (χ2v) is 8.19. The highest BCUT2D eigenvalue weighted by Gasteiger charge is 2.19. The van der Waals surface area contributed by atoms with Crippen molar-refractivity contribution < 1.29 is 4.42 Å². The van der Waals surface area contributed by atoms with Crippen molar-refractivity contribution in [1.82, 2.24) is 20.5 Å². The molecule has 1 aromatic heterocycles. The van der Waals surface area contributed by atoms with Crippen molar-refractivity contribution in [3.63, 3.8) is 0 Å². The summed E-state index contributed by atoms with van der Waals surface area (Å²) in [6.45, 7) is 15.0. The Morgan fingerprint density at radius 3 is 2.44 bits per heavy atom. The lowest BCUT2D eigenvalue weighted by molar-refractivity contribution is 0.254. The minimum Gasteiger partial charge on any atom is -0.443 e. The van der Waals surface area contributed by atoms with Crippen LogP contribution in [0.25, 0.3) is 0 Å². The monoisotopic (exact) mass is 351 g/mol. The van der Waals surface area contributed by atoms with Gasteiger partial charge in [-0.1, -0.05) is 34.6 Å². The lowest BCUT2D eigenvalue weighted by Crippen LogP contribution is -2.45. The number of hydrogen-bond donors (Lipinski definition) is 2. The molecule has 2 N–H and O–H groups in total. The molecule has 1 heterocycles. The van der Waals surface area contributed by atoms with Crippen molar-refractivity contribution in [1.29, 1.82) is 0 Å². The molecule has 1 unspecified atom stereocenters. The molecule has 0 aliphatic heterocycles. The molecule has 0 radical (unpaired) electrons. The van der Waals surface area contributed by atoms with Gasteiger partial charge in [-0.25, -0.2) is 9.98 Å². The molecule has 0 aromatic carbocycles. The van der Waals surface area contributed by atoms with E-state index in [-0.39, 0.29) is 5.41 Å². The maximum absolute atomic E-state index is 5.81. The summed E-state index contributed by atoms with van der Waals surface area (Å²) in [6.07, 6.45) is 2.95. The molecule has 6 heteroatoms. The van der Waals surface area contributed by atoms with Crippen molar-refractivity contribution >= 4 is 5.96 Å². The van der Waals surface area contributed by atoms with Crippen LogP contribution in [-0.4, -0.2) is 49.1 Å². The molecule has 144 valence electrons. The average molecular weight is 352 g/mol. The normalized spacial score (nSPS) is 14.2. The summed E-state index contributed by atoms with van der Waals surface area (Å²) in [5.74, 6) is 3.00. The number of aromatic nitrogens is 1. The van der Waals surface area contributed by atoms with Crippen molar-refractivity contribution in [3.05, 3.63) is 17.8 Å². The minimum atomic E-state index is -0.0342. The Kier molecular flexibility index (Phi) is 8.42. The van der Waals surface area contributed by atoms with Gasteiger partial charge in [0.1, 0.15) is 12.3 Å². The van der Waals surface area contributed by atoms with E-state index in [4.69, 9.17) is 4.42 Å². The van der Waals surface area contributed by atoms with Crippen molar-refractivity contribution in [2.45, 2.75) is 66.0 Å². The standard InChI is InChI=1S/C19H37N5O/c1-9-20-18(22-11-15(24(7)8)10-14(2)3)23-13-17-21-12-16(25-17)19(4,5)6/h12,14-15H,9-11,13H2,1-8H3,(H2,20,22,23). The van der Waals surface area contributed by atoms with Gasteiger partial charge in [0.05, 0.1) is 6.20 Å². The summed E-state index contributed by atoms with van der Waals surface area (Å²) in [4.78, 5) is 11.2. The van der Waals surface area contributed by atoms with E-state index in [1.54, 1.807) is 6.20 Å². The van der Waals surface area contributed by atoms with Crippen LogP contribution in [0.2, 0.25) is 0 Å². The second-order valence-electron chi connectivity index (χ2n) is 8.19. The van der Waals surface area contributed by atoms with Crippen molar-refractivity contribution in [3.8, 4) is 0 Å². The highest BCUT2D eigenvalue weighted by molar-refractivity contribution is 5.79. The Bertz CT molecular complexity index is 528. The number of aliphatic imine (C=N–C) groups is 1. The Labute approximate surface area is 153 Å². The predicted molar refractivity (Wildman–Crippen MR) is 105 cm³/mol. The van der Waals surface area contributed by atoms with Crippen LogP contribution in [0.5, 0.6) is 0 Å². The van der Waals surface area contributed by atoms with Crippen LogP contribution in [0, 0.1) is 5.92 Å². The van der Waals surface area contributed by atoms with Crippen LogP contribution in [0.1, 0.15) is 59.6 Å². The fourth-order valence-corrected chi connectivity index (χ4v) is 2.45. The third-order valence-electron chi connectivity index (χ3n) is 3.99. The molecule has 0 spiro atoms. The first-order valence-corrected chi connectivity index (χ1v) is 9.27. The first-order valence-electron chi connectivity index (χ1n) is 9.27. The van der Waals surface area contributed by atoms with Gasteiger partial charge in [0.25, 0.3) is 0 Å². The SMILES string of the molecule is CCNC(=NCc1ncc(C(C)(C)C)o1)NCC(CC(C)C)N(C)C. The second kappa shape index (κ2) is 9.80. The maximum atomic E-state index is 5.81. The molecule has 0 bridgehead atoms. The maximum Gasteiger partial charge on any atom is 0.216 e. The van der Waals surface area contributed by atoms with E-state index in [0.717, 1.165) is 31.2 Å². The van der Waals surface area contributed by atoms with E-state index in [1.165, 1.54) is 0 Å². The summed E-state index contributed by atoms with van der Waals surface area (Å²) in [6, 6.07) is 0.470. The zero-order valence-corrected chi connectivity index (χ0v) is 17.3. The summed E-state index contributed by atoms with van der Waals surface area (Å²) >= 11 is 0. The largest absolute Gasteiger partial charge is 0.443 e. The van der Waals surface area contributed by atoms with Gasteiger partial charge in [0.15, 0.2) is 5.96 Å². The quantitative estimate of drug-likeness (QED) is 0.557. The minimum absolute atomic E-state index is 0.0342. The molecule has 1 rings (SSSR count). The Balaban J connectivity index is 2.68. The summed E-state index contributed by atoms with van der Waals surface area (Å²) in [5, 5.41) is 6.73. The Morgan fingerprint density at radius 1 is 1.28 bits per heavy atom. The lowest BCUT2D eigenvalue weighted by Gasteiger charge is -2.27. The van der Waals surface area contributed by atoms with E-state index < -0.39 is 0 Å². The van der Waals surface area contributed by atoms with E-state index in [2.05, 4.69) is 81.1 Å². The number of likely N-dealkylation sites (N-methyl/N-ethyl adjacent to an activating group) is 1. The topological polar surface area (TPSA) is 65.7 Å².